The Balaban J connectivity index is 1.95. The highest BCUT2D eigenvalue weighted by Gasteiger charge is 2.01. The third-order valence-corrected chi connectivity index (χ3v) is 3.57. The van der Waals surface area contributed by atoms with Crippen molar-refractivity contribution in [2.24, 2.45) is 5.92 Å². The molecule has 0 fully saturated rings. The van der Waals surface area contributed by atoms with Crippen molar-refractivity contribution >= 4 is 17.3 Å². The number of aryl methyl sites for hydroxylation is 1. The first kappa shape index (κ1) is 14.9. The second kappa shape index (κ2) is 6.76. The van der Waals surface area contributed by atoms with Crippen LogP contribution >= 0.6 is 11.6 Å². The van der Waals surface area contributed by atoms with Gasteiger partial charge < -0.3 is 5.32 Å². The molecule has 106 valence electrons. The molecule has 0 saturated heterocycles. The first-order valence-electron chi connectivity index (χ1n) is 6.98. The van der Waals surface area contributed by atoms with Gasteiger partial charge in [-0.1, -0.05) is 49.7 Å². The van der Waals surface area contributed by atoms with Crippen molar-refractivity contribution in [1.29, 1.82) is 0 Å². The van der Waals surface area contributed by atoms with E-state index in [1.165, 1.54) is 11.1 Å². The summed E-state index contributed by atoms with van der Waals surface area (Å²) in [4.78, 5) is 4.14. The Morgan fingerprint density at radius 3 is 2.40 bits per heavy atom. The Morgan fingerprint density at radius 2 is 1.80 bits per heavy atom. The quantitative estimate of drug-likeness (QED) is 0.795. The van der Waals surface area contributed by atoms with Crippen molar-refractivity contribution in [3.63, 3.8) is 0 Å². The molecule has 0 spiro atoms. The van der Waals surface area contributed by atoms with Gasteiger partial charge in [-0.3, -0.25) is 0 Å². The summed E-state index contributed by atoms with van der Waals surface area (Å²) in [6.45, 7) is 7.24. The Morgan fingerprint density at radius 1 is 1.15 bits per heavy atom. The van der Waals surface area contributed by atoms with E-state index < -0.39 is 0 Å². The molecule has 0 saturated carbocycles. The van der Waals surface area contributed by atoms with Gasteiger partial charge in [0.2, 0.25) is 0 Å². The zero-order valence-electron chi connectivity index (χ0n) is 12.3. The van der Waals surface area contributed by atoms with Crippen LogP contribution < -0.4 is 5.32 Å². The van der Waals surface area contributed by atoms with Gasteiger partial charge in [-0.05, 0) is 42.0 Å². The minimum Gasteiger partial charge on any atom is -0.380 e. The van der Waals surface area contributed by atoms with E-state index in [2.05, 4.69) is 48.4 Å². The van der Waals surface area contributed by atoms with Crippen LogP contribution in [-0.2, 0) is 13.0 Å². The fraction of sp³-hybridized carbons (Fsp3) is 0.353. The summed E-state index contributed by atoms with van der Waals surface area (Å²) in [5.41, 5.74) is 4.65. The largest absolute Gasteiger partial charge is 0.380 e. The maximum atomic E-state index is 5.92. The average Bonchev–Trinajstić information content (AvgIpc) is 2.41. The number of anilines is 1. The number of halogens is 1. The molecule has 2 aromatic rings. The van der Waals surface area contributed by atoms with Gasteiger partial charge in [0.15, 0.2) is 0 Å². The van der Waals surface area contributed by atoms with E-state index in [0.29, 0.717) is 11.1 Å². The maximum Gasteiger partial charge on any atom is 0.132 e. The summed E-state index contributed by atoms with van der Waals surface area (Å²) in [7, 11) is 0. The molecule has 0 atom stereocenters. The topological polar surface area (TPSA) is 24.9 Å². The van der Waals surface area contributed by atoms with Gasteiger partial charge in [-0.2, -0.15) is 0 Å². The molecule has 0 aliphatic carbocycles. The average molecular weight is 289 g/mol. The fourth-order valence-corrected chi connectivity index (χ4v) is 2.23. The lowest BCUT2D eigenvalue weighted by molar-refractivity contribution is 0.647. The molecule has 2 rings (SSSR count). The van der Waals surface area contributed by atoms with Crippen molar-refractivity contribution in [2.75, 3.05) is 5.32 Å². The second-order valence-corrected chi connectivity index (χ2v) is 5.96. The van der Waals surface area contributed by atoms with E-state index in [0.717, 1.165) is 24.2 Å². The van der Waals surface area contributed by atoms with Crippen LogP contribution in [0.15, 0.2) is 36.5 Å². The third kappa shape index (κ3) is 4.24. The smallest absolute Gasteiger partial charge is 0.132 e. The number of benzene rings is 1. The van der Waals surface area contributed by atoms with Gasteiger partial charge in [0.1, 0.15) is 5.15 Å². The molecule has 0 radical (unpaired) electrons. The molecule has 3 heteroatoms. The molecule has 2 nitrogen and oxygen atoms in total. The van der Waals surface area contributed by atoms with Crippen molar-refractivity contribution in [2.45, 2.75) is 33.7 Å². The number of nitrogens with zero attached hydrogens (tertiary/aromatic N) is 1. The SMILES string of the molecule is Cc1cc(NCc2ccc(CC(C)C)cc2)cnc1Cl. The predicted octanol–water partition coefficient (Wildman–Crippen LogP) is 4.85. The number of rotatable bonds is 5. The number of pyridine rings is 1. The van der Waals surface area contributed by atoms with Crippen molar-refractivity contribution < 1.29 is 0 Å². The monoisotopic (exact) mass is 288 g/mol. The number of nitrogens with one attached hydrogen (secondary N) is 1. The summed E-state index contributed by atoms with van der Waals surface area (Å²) in [6, 6.07) is 10.8. The summed E-state index contributed by atoms with van der Waals surface area (Å²) in [6.07, 6.45) is 2.90. The van der Waals surface area contributed by atoms with Gasteiger partial charge in [-0.15, -0.1) is 0 Å². The molecule has 1 N–H and O–H groups in total. The van der Waals surface area contributed by atoms with Crippen LogP contribution in [0.3, 0.4) is 0 Å². The van der Waals surface area contributed by atoms with Crippen molar-refractivity contribution in [3.8, 4) is 0 Å². The van der Waals surface area contributed by atoms with E-state index in [4.69, 9.17) is 11.6 Å². The van der Waals surface area contributed by atoms with Crippen molar-refractivity contribution in [3.05, 3.63) is 58.4 Å². The minimum absolute atomic E-state index is 0.564. The van der Waals surface area contributed by atoms with Crippen LogP contribution in [0.25, 0.3) is 0 Å². The highest BCUT2D eigenvalue weighted by Crippen LogP contribution is 2.17. The zero-order valence-corrected chi connectivity index (χ0v) is 13.0. The van der Waals surface area contributed by atoms with Crippen LogP contribution in [0.2, 0.25) is 5.15 Å². The van der Waals surface area contributed by atoms with Gasteiger partial charge >= 0.3 is 0 Å². The molecule has 1 heterocycles. The molecule has 0 bridgehead atoms. The minimum atomic E-state index is 0.564. The lowest BCUT2D eigenvalue weighted by Gasteiger charge is -2.09. The molecule has 0 unspecified atom stereocenters. The fourth-order valence-electron chi connectivity index (χ4n) is 2.12. The first-order valence-corrected chi connectivity index (χ1v) is 7.36. The molecule has 0 aliphatic heterocycles. The zero-order chi connectivity index (χ0) is 14.5. The second-order valence-electron chi connectivity index (χ2n) is 5.60. The van der Waals surface area contributed by atoms with Gasteiger partial charge in [-0.25, -0.2) is 4.98 Å². The number of aromatic nitrogens is 1. The molecule has 0 aliphatic rings. The Hall–Kier alpha value is -1.54. The third-order valence-electron chi connectivity index (χ3n) is 3.18. The Kier molecular flexibility index (Phi) is 5.02. The summed E-state index contributed by atoms with van der Waals surface area (Å²) < 4.78 is 0. The first-order chi connectivity index (χ1) is 9.54. The summed E-state index contributed by atoms with van der Waals surface area (Å²) >= 11 is 5.92. The summed E-state index contributed by atoms with van der Waals surface area (Å²) in [5.74, 6) is 0.696. The van der Waals surface area contributed by atoms with Gasteiger partial charge in [0.25, 0.3) is 0 Å². The van der Waals surface area contributed by atoms with Crippen molar-refractivity contribution in [1.82, 2.24) is 4.98 Å². The van der Waals surface area contributed by atoms with E-state index >= 15 is 0 Å². The highest BCUT2D eigenvalue weighted by atomic mass is 35.5. The van der Waals surface area contributed by atoms with E-state index in [9.17, 15) is 0 Å². The van der Waals surface area contributed by atoms with E-state index in [-0.39, 0.29) is 0 Å². The predicted molar refractivity (Wildman–Crippen MR) is 86.3 cm³/mol. The van der Waals surface area contributed by atoms with Crippen LogP contribution in [0.4, 0.5) is 5.69 Å². The van der Waals surface area contributed by atoms with Crippen LogP contribution in [0, 0.1) is 12.8 Å². The van der Waals surface area contributed by atoms with Crippen LogP contribution in [-0.4, -0.2) is 4.98 Å². The maximum absolute atomic E-state index is 5.92. The number of hydrogen-bond acceptors (Lipinski definition) is 2. The van der Waals surface area contributed by atoms with Crippen LogP contribution in [0.5, 0.6) is 0 Å². The normalized spacial score (nSPS) is 10.8. The van der Waals surface area contributed by atoms with Crippen LogP contribution in [0.1, 0.15) is 30.5 Å². The Bertz CT molecular complexity index is 562. The molecule has 20 heavy (non-hydrogen) atoms. The van der Waals surface area contributed by atoms with Gasteiger partial charge in [0, 0.05) is 6.54 Å². The number of hydrogen-bond donors (Lipinski definition) is 1. The lowest BCUT2D eigenvalue weighted by Crippen LogP contribution is -2.01. The summed E-state index contributed by atoms with van der Waals surface area (Å²) in [5, 5.41) is 3.93. The molecule has 1 aromatic heterocycles. The molecule has 0 amide bonds. The standard InChI is InChI=1S/C17H21ClN2/c1-12(2)8-14-4-6-15(7-5-14)10-19-16-9-13(3)17(18)20-11-16/h4-7,9,11-12,19H,8,10H2,1-3H3. The molecular weight excluding hydrogens is 268 g/mol. The van der Waals surface area contributed by atoms with E-state index in [1.54, 1.807) is 6.20 Å². The highest BCUT2D eigenvalue weighted by molar-refractivity contribution is 6.30. The molecule has 1 aromatic carbocycles. The Labute approximate surface area is 126 Å². The van der Waals surface area contributed by atoms with E-state index in [1.807, 2.05) is 13.0 Å². The van der Waals surface area contributed by atoms with Gasteiger partial charge in [0.05, 0.1) is 11.9 Å². The lowest BCUT2D eigenvalue weighted by atomic mass is 10.0. The molecular formula is C17H21ClN2.